The fourth-order valence-corrected chi connectivity index (χ4v) is 3.93. The maximum Gasteiger partial charge on any atom is 0.409 e. The van der Waals surface area contributed by atoms with Gasteiger partial charge < -0.3 is 9.64 Å². The summed E-state index contributed by atoms with van der Waals surface area (Å²) in [4.78, 5) is 22.2. The van der Waals surface area contributed by atoms with Crippen LogP contribution < -0.4 is 0 Å². The highest BCUT2D eigenvalue weighted by Crippen LogP contribution is 2.29. The number of carbonyl (C=O) groups excluding carboxylic acids is 1. The van der Waals surface area contributed by atoms with E-state index in [1.54, 1.807) is 6.92 Å². The molecule has 0 radical (unpaired) electrons. The van der Waals surface area contributed by atoms with Gasteiger partial charge in [0.25, 0.3) is 0 Å². The van der Waals surface area contributed by atoms with E-state index in [1.807, 2.05) is 0 Å². The van der Waals surface area contributed by atoms with E-state index in [1.165, 1.54) is 4.90 Å². The number of amides is 1. The zero-order valence-corrected chi connectivity index (χ0v) is 13.7. The van der Waals surface area contributed by atoms with Crippen LogP contribution in [0.1, 0.15) is 6.92 Å². The minimum atomic E-state index is -4.25. The molecule has 1 heterocycles. The number of nitrogens with zero attached hydrogens (tertiary/aromatic N) is 3. The number of piperazine rings is 1. The van der Waals surface area contributed by atoms with Crippen LogP contribution in [0.25, 0.3) is 0 Å². The number of benzene rings is 1. The summed E-state index contributed by atoms with van der Waals surface area (Å²) in [5, 5.41) is 11.0. The first-order valence-corrected chi connectivity index (χ1v) is 8.57. The van der Waals surface area contributed by atoms with Crippen molar-refractivity contribution >= 4 is 21.8 Å². The first-order valence-electron chi connectivity index (χ1n) is 7.13. The van der Waals surface area contributed by atoms with Gasteiger partial charge in [0.2, 0.25) is 15.8 Å². The topological polar surface area (TPSA) is 110 Å². The number of hydrogen-bond donors (Lipinski definition) is 0. The van der Waals surface area contributed by atoms with Crippen LogP contribution in [-0.4, -0.2) is 61.4 Å². The lowest BCUT2D eigenvalue weighted by atomic mass is 10.3. The maximum absolute atomic E-state index is 13.7. The number of rotatable bonds is 4. The Morgan fingerprint density at radius 1 is 1.33 bits per heavy atom. The van der Waals surface area contributed by atoms with Crippen molar-refractivity contribution in [1.29, 1.82) is 0 Å². The monoisotopic (exact) mass is 361 g/mol. The van der Waals surface area contributed by atoms with Gasteiger partial charge in [0.15, 0.2) is 4.90 Å². The molecule has 1 amide bonds. The lowest BCUT2D eigenvalue weighted by Crippen LogP contribution is -2.50. The van der Waals surface area contributed by atoms with Gasteiger partial charge in [-0.05, 0) is 19.1 Å². The molecule has 1 fully saturated rings. The molecular formula is C13H16FN3O6S. The van der Waals surface area contributed by atoms with Crippen LogP contribution in [0.5, 0.6) is 0 Å². The van der Waals surface area contributed by atoms with E-state index in [2.05, 4.69) is 0 Å². The average molecular weight is 361 g/mol. The SMILES string of the molecule is CCOC(=O)N1CCN(S(=O)(=O)c2cccc(F)c2[N+](=O)[O-])CC1. The van der Waals surface area contributed by atoms with Crippen LogP contribution in [0.15, 0.2) is 23.1 Å². The zero-order valence-electron chi connectivity index (χ0n) is 12.8. The molecule has 11 heteroatoms. The van der Waals surface area contributed by atoms with Crippen molar-refractivity contribution in [3.8, 4) is 0 Å². The second-order valence-electron chi connectivity index (χ2n) is 4.93. The van der Waals surface area contributed by atoms with E-state index in [4.69, 9.17) is 4.74 Å². The standard InChI is InChI=1S/C13H16FN3O6S/c1-2-23-13(18)15-6-8-16(9-7-15)24(21,22)11-5-3-4-10(14)12(11)17(19)20/h3-5H,2,6-9H2,1H3. The fourth-order valence-electron chi connectivity index (χ4n) is 2.35. The highest BCUT2D eigenvalue weighted by Gasteiger charge is 2.36. The highest BCUT2D eigenvalue weighted by atomic mass is 32.2. The van der Waals surface area contributed by atoms with Crippen LogP contribution >= 0.6 is 0 Å². The Balaban J connectivity index is 2.23. The quantitative estimate of drug-likeness (QED) is 0.589. The maximum atomic E-state index is 13.7. The lowest BCUT2D eigenvalue weighted by molar-refractivity contribution is -0.390. The Morgan fingerprint density at radius 2 is 1.96 bits per heavy atom. The van der Waals surface area contributed by atoms with Gasteiger partial charge >= 0.3 is 11.8 Å². The van der Waals surface area contributed by atoms with E-state index < -0.39 is 37.4 Å². The summed E-state index contributed by atoms with van der Waals surface area (Å²) < 4.78 is 44.7. The molecule has 0 atom stereocenters. The Bertz CT molecular complexity index is 746. The predicted octanol–water partition coefficient (Wildman–Crippen LogP) is 1.20. The van der Waals surface area contributed by atoms with Gasteiger partial charge in [-0.3, -0.25) is 10.1 Å². The van der Waals surface area contributed by atoms with Crippen molar-refractivity contribution < 1.29 is 27.3 Å². The number of halogens is 1. The molecule has 24 heavy (non-hydrogen) atoms. The molecule has 0 spiro atoms. The largest absolute Gasteiger partial charge is 0.450 e. The van der Waals surface area contributed by atoms with E-state index in [0.29, 0.717) is 0 Å². The lowest BCUT2D eigenvalue weighted by Gasteiger charge is -2.33. The molecule has 0 unspecified atom stereocenters. The molecule has 0 aromatic heterocycles. The Kier molecular flexibility index (Phi) is 5.34. The highest BCUT2D eigenvalue weighted by molar-refractivity contribution is 7.89. The molecule has 1 aromatic carbocycles. The van der Waals surface area contributed by atoms with Crippen molar-refractivity contribution in [3.05, 3.63) is 34.1 Å². The number of ether oxygens (including phenoxy) is 1. The van der Waals surface area contributed by atoms with Crippen molar-refractivity contribution in [2.24, 2.45) is 0 Å². The fraction of sp³-hybridized carbons (Fsp3) is 0.462. The van der Waals surface area contributed by atoms with Crippen LogP contribution in [0.2, 0.25) is 0 Å². The van der Waals surface area contributed by atoms with Gasteiger partial charge in [0.05, 0.1) is 11.5 Å². The third-order valence-electron chi connectivity index (χ3n) is 3.51. The van der Waals surface area contributed by atoms with Crippen molar-refractivity contribution in [2.75, 3.05) is 32.8 Å². The smallest absolute Gasteiger partial charge is 0.409 e. The second kappa shape index (κ2) is 7.09. The molecule has 1 aliphatic rings. The Morgan fingerprint density at radius 3 is 2.50 bits per heavy atom. The predicted molar refractivity (Wildman–Crippen MR) is 80.4 cm³/mol. The average Bonchev–Trinajstić information content (AvgIpc) is 2.54. The summed E-state index contributed by atoms with van der Waals surface area (Å²) in [6.07, 6.45) is -0.550. The van der Waals surface area contributed by atoms with Crippen LogP contribution in [0.3, 0.4) is 0 Å². The molecule has 132 valence electrons. The van der Waals surface area contributed by atoms with Crippen molar-refractivity contribution in [3.63, 3.8) is 0 Å². The molecule has 9 nitrogen and oxygen atoms in total. The van der Waals surface area contributed by atoms with E-state index >= 15 is 0 Å². The summed E-state index contributed by atoms with van der Waals surface area (Å²) in [5.41, 5.74) is -1.08. The third-order valence-corrected chi connectivity index (χ3v) is 5.45. The molecule has 0 N–H and O–H groups in total. The Hall–Kier alpha value is -2.27. The molecule has 2 rings (SSSR count). The summed E-state index contributed by atoms with van der Waals surface area (Å²) in [6.45, 7) is 1.90. The van der Waals surface area contributed by atoms with Crippen LogP contribution in [0.4, 0.5) is 14.9 Å². The number of nitro benzene ring substituents is 1. The van der Waals surface area contributed by atoms with Gasteiger partial charge in [0.1, 0.15) is 0 Å². The molecule has 0 saturated carbocycles. The zero-order chi connectivity index (χ0) is 17.9. The minimum absolute atomic E-state index is 0.0607. The summed E-state index contributed by atoms with van der Waals surface area (Å²) in [6, 6.07) is 2.92. The summed E-state index contributed by atoms with van der Waals surface area (Å²) in [5.74, 6) is -1.22. The number of para-hydroxylation sites is 1. The van der Waals surface area contributed by atoms with Crippen LogP contribution in [-0.2, 0) is 14.8 Å². The first kappa shape index (κ1) is 18.1. The van der Waals surface area contributed by atoms with Crippen molar-refractivity contribution in [2.45, 2.75) is 11.8 Å². The number of carbonyl (C=O) groups is 1. The van der Waals surface area contributed by atoms with Crippen LogP contribution in [0, 0.1) is 15.9 Å². The van der Waals surface area contributed by atoms with Gasteiger partial charge in [-0.2, -0.15) is 8.70 Å². The van der Waals surface area contributed by atoms with Gasteiger partial charge in [-0.15, -0.1) is 0 Å². The summed E-state index contributed by atoms with van der Waals surface area (Å²) >= 11 is 0. The number of nitro groups is 1. The minimum Gasteiger partial charge on any atom is -0.450 e. The van der Waals surface area contributed by atoms with Gasteiger partial charge in [0, 0.05) is 26.2 Å². The molecular weight excluding hydrogens is 345 g/mol. The molecule has 0 bridgehead atoms. The van der Waals surface area contributed by atoms with E-state index in [0.717, 1.165) is 22.5 Å². The van der Waals surface area contributed by atoms with Crippen molar-refractivity contribution in [1.82, 2.24) is 9.21 Å². The molecule has 1 aliphatic heterocycles. The van der Waals surface area contributed by atoms with Gasteiger partial charge in [-0.1, -0.05) is 6.07 Å². The molecule has 1 saturated heterocycles. The number of sulfonamides is 1. The van der Waals surface area contributed by atoms with E-state index in [9.17, 15) is 27.7 Å². The molecule has 1 aromatic rings. The third kappa shape index (κ3) is 3.46. The molecule has 0 aliphatic carbocycles. The number of hydrogen-bond acceptors (Lipinski definition) is 6. The Labute approximate surface area is 137 Å². The first-order chi connectivity index (χ1) is 11.3. The second-order valence-corrected chi connectivity index (χ2v) is 6.84. The van der Waals surface area contributed by atoms with E-state index in [-0.39, 0.29) is 32.8 Å². The summed E-state index contributed by atoms with van der Waals surface area (Å²) in [7, 11) is -4.25. The van der Waals surface area contributed by atoms with Gasteiger partial charge in [-0.25, -0.2) is 13.2 Å². The normalized spacial score (nSPS) is 16.0.